The molecular formula is C12H10Cl2N2O2. The van der Waals surface area contributed by atoms with Crippen molar-refractivity contribution in [2.45, 2.75) is 6.54 Å². The second kappa shape index (κ2) is 5.42. The van der Waals surface area contributed by atoms with Gasteiger partial charge in [0, 0.05) is 18.0 Å². The van der Waals surface area contributed by atoms with Gasteiger partial charge >= 0.3 is 5.97 Å². The van der Waals surface area contributed by atoms with E-state index in [2.05, 4.69) is 5.10 Å². The number of nitrogens with zero attached hydrogens (tertiary/aromatic N) is 2. The SMILES string of the molecule is COC(=O)c1ccc(Cl)c(Cl)c1Cn1cccn1. The van der Waals surface area contributed by atoms with Crippen LogP contribution in [0.1, 0.15) is 15.9 Å². The number of aromatic nitrogens is 2. The van der Waals surface area contributed by atoms with E-state index in [-0.39, 0.29) is 0 Å². The molecule has 0 spiro atoms. The lowest BCUT2D eigenvalue weighted by atomic mass is 10.1. The number of hydrogen-bond donors (Lipinski definition) is 0. The summed E-state index contributed by atoms with van der Waals surface area (Å²) in [5.74, 6) is -0.448. The Morgan fingerprint density at radius 1 is 1.44 bits per heavy atom. The van der Waals surface area contributed by atoms with Crippen LogP contribution in [0.25, 0.3) is 0 Å². The van der Waals surface area contributed by atoms with Gasteiger partial charge in [0.15, 0.2) is 0 Å². The fourth-order valence-corrected chi connectivity index (χ4v) is 2.01. The molecular weight excluding hydrogens is 275 g/mol. The summed E-state index contributed by atoms with van der Waals surface area (Å²) in [6.07, 6.45) is 3.43. The first kappa shape index (κ1) is 12.9. The molecule has 2 rings (SSSR count). The summed E-state index contributed by atoms with van der Waals surface area (Å²) < 4.78 is 6.38. The second-order valence-corrected chi connectivity index (χ2v) is 4.37. The summed E-state index contributed by atoms with van der Waals surface area (Å²) >= 11 is 12.1. The molecule has 0 amide bonds. The number of hydrogen-bond acceptors (Lipinski definition) is 3. The predicted molar refractivity (Wildman–Crippen MR) is 69.1 cm³/mol. The summed E-state index contributed by atoms with van der Waals surface area (Å²) in [6, 6.07) is 4.96. The summed E-state index contributed by atoms with van der Waals surface area (Å²) in [7, 11) is 1.32. The van der Waals surface area contributed by atoms with Gasteiger partial charge in [0.1, 0.15) is 0 Å². The molecule has 0 unspecified atom stereocenters. The smallest absolute Gasteiger partial charge is 0.338 e. The van der Waals surface area contributed by atoms with E-state index in [0.29, 0.717) is 27.7 Å². The first-order valence-electron chi connectivity index (χ1n) is 5.16. The van der Waals surface area contributed by atoms with Gasteiger partial charge in [-0.15, -0.1) is 0 Å². The Bertz CT molecular complexity index is 568. The van der Waals surface area contributed by atoms with Crippen molar-refractivity contribution in [3.8, 4) is 0 Å². The Morgan fingerprint density at radius 3 is 2.83 bits per heavy atom. The van der Waals surface area contributed by atoms with Crippen LogP contribution in [0.5, 0.6) is 0 Å². The number of rotatable bonds is 3. The zero-order valence-electron chi connectivity index (χ0n) is 9.56. The Morgan fingerprint density at radius 2 is 2.22 bits per heavy atom. The lowest BCUT2D eigenvalue weighted by Gasteiger charge is -2.11. The number of esters is 1. The van der Waals surface area contributed by atoms with Crippen molar-refractivity contribution in [3.05, 3.63) is 51.8 Å². The van der Waals surface area contributed by atoms with E-state index < -0.39 is 5.97 Å². The highest BCUT2D eigenvalue weighted by molar-refractivity contribution is 6.42. The average molecular weight is 285 g/mol. The van der Waals surface area contributed by atoms with Crippen molar-refractivity contribution in [2.75, 3.05) is 7.11 Å². The Kier molecular flexibility index (Phi) is 3.89. The number of ether oxygens (including phenoxy) is 1. The highest BCUT2D eigenvalue weighted by Crippen LogP contribution is 2.29. The Labute approximate surface area is 114 Å². The van der Waals surface area contributed by atoms with E-state index in [1.165, 1.54) is 7.11 Å². The molecule has 1 aromatic carbocycles. The van der Waals surface area contributed by atoms with Crippen molar-refractivity contribution in [1.82, 2.24) is 9.78 Å². The predicted octanol–water partition coefficient (Wildman–Crippen LogP) is 3.02. The third-order valence-electron chi connectivity index (χ3n) is 2.48. The van der Waals surface area contributed by atoms with Crippen LogP contribution in [-0.4, -0.2) is 22.9 Å². The largest absolute Gasteiger partial charge is 0.465 e. The van der Waals surface area contributed by atoms with Crippen LogP contribution in [-0.2, 0) is 11.3 Å². The number of carbonyl (C=O) groups excluding carboxylic acids is 1. The molecule has 0 saturated carbocycles. The average Bonchev–Trinajstić information content (AvgIpc) is 2.87. The summed E-state index contributed by atoms with van der Waals surface area (Å²) in [5, 5.41) is 4.81. The molecule has 0 aliphatic heterocycles. The van der Waals surface area contributed by atoms with Crippen LogP contribution in [0.2, 0.25) is 10.0 Å². The maximum absolute atomic E-state index is 11.7. The second-order valence-electron chi connectivity index (χ2n) is 3.58. The third-order valence-corrected chi connectivity index (χ3v) is 3.32. The third kappa shape index (κ3) is 2.49. The van der Waals surface area contributed by atoms with E-state index in [1.54, 1.807) is 35.3 Å². The topological polar surface area (TPSA) is 44.1 Å². The van der Waals surface area contributed by atoms with E-state index in [0.717, 1.165) is 0 Å². The van der Waals surface area contributed by atoms with Crippen molar-refractivity contribution in [2.24, 2.45) is 0 Å². The Hall–Kier alpha value is -1.52. The zero-order valence-corrected chi connectivity index (χ0v) is 11.1. The van der Waals surface area contributed by atoms with Crippen molar-refractivity contribution in [1.29, 1.82) is 0 Å². The monoisotopic (exact) mass is 284 g/mol. The van der Waals surface area contributed by atoms with Crippen LogP contribution >= 0.6 is 23.2 Å². The molecule has 2 aromatic rings. The van der Waals surface area contributed by atoms with Gasteiger partial charge in [0.25, 0.3) is 0 Å². The van der Waals surface area contributed by atoms with Crippen LogP contribution in [0, 0.1) is 0 Å². The van der Waals surface area contributed by atoms with Crippen LogP contribution in [0.4, 0.5) is 0 Å². The first-order valence-corrected chi connectivity index (χ1v) is 5.91. The van der Waals surface area contributed by atoms with Gasteiger partial charge in [-0.25, -0.2) is 4.79 Å². The van der Waals surface area contributed by atoms with Gasteiger partial charge in [-0.1, -0.05) is 23.2 Å². The molecule has 4 nitrogen and oxygen atoms in total. The van der Waals surface area contributed by atoms with Crippen molar-refractivity contribution < 1.29 is 9.53 Å². The normalized spacial score (nSPS) is 10.4. The first-order chi connectivity index (χ1) is 8.63. The van der Waals surface area contributed by atoms with Gasteiger partial charge in [0.05, 0.1) is 29.3 Å². The standard InChI is InChI=1S/C12H10Cl2N2O2/c1-18-12(17)8-3-4-10(13)11(14)9(8)7-16-6-2-5-15-16/h2-6H,7H2,1H3. The molecule has 0 radical (unpaired) electrons. The molecule has 1 aromatic heterocycles. The van der Waals surface area contributed by atoms with Gasteiger partial charge in [0.2, 0.25) is 0 Å². The maximum atomic E-state index is 11.7. The van der Waals surface area contributed by atoms with Crippen LogP contribution < -0.4 is 0 Å². The fourth-order valence-electron chi connectivity index (χ4n) is 1.60. The lowest BCUT2D eigenvalue weighted by molar-refractivity contribution is 0.0599. The number of methoxy groups -OCH3 is 1. The Balaban J connectivity index is 2.48. The number of carbonyl (C=O) groups is 1. The highest BCUT2D eigenvalue weighted by Gasteiger charge is 2.17. The van der Waals surface area contributed by atoms with Gasteiger partial charge < -0.3 is 4.74 Å². The highest BCUT2D eigenvalue weighted by atomic mass is 35.5. The van der Waals surface area contributed by atoms with Crippen molar-refractivity contribution >= 4 is 29.2 Å². The molecule has 0 saturated heterocycles. The molecule has 0 aliphatic rings. The fraction of sp³-hybridized carbons (Fsp3) is 0.167. The molecule has 0 fully saturated rings. The molecule has 0 atom stereocenters. The summed E-state index contributed by atoms with van der Waals surface area (Å²) in [6.45, 7) is 0.358. The van der Waals surface area contributed by atoms with E-state index in [9.17, 15) is 4.79 Å². The van der Waals surface area contributed by atoms with Gasteiger partial charge in [-0.3, -0.25) is 4.68 Å². The number of halogens is 2. The molecule has 94 valence electrons. The van der Waals surface area contributed by atoms with Crippen LogP contribution in [0.15, 0.2) is 30.6 Å². The minimum atomic E-state index is -0.448. The molecule has 0 aliphatic carbocycles. The van der Waals surface area contributed by atoms with E-state index in [4.69, 9.17) is 27.9 Å². The van der Waals surface area contributed by atoms with Gasteiger partial charge in [-0.05, 0) is 18.2 Å². The van der Waals surface area contributed by atoms with E-state index >= 15 is 0 Å². The van der Waals surface area contributed by atoms with Gasteiger partial charge in [-0.2, -0.15) is 5.10 Å². The lowest BCUT2D eigenvalue weighted by Crippen LogP contribution is -2.10. The van der Waals surface area contributed by atoms with Crippen LogP contribution in [0.3, 0.4) is 0 Å². The number of benzene rings is 1. The maximum Gasteiger partial charge on any atom is 0.338 e. The molecule has 6 heteroatoms. The van der Waals surface area contributed by atoms with Crippen molar-refractivity contribution in [3.63, 3.8) is 0 Å². The summed E-state index contributed by atoms with van der Waals surface area (Å²) in [5.41, 5.74) is 0.988. The quantitative estimate of drug-likeness (QED) is 0.814. The minimum absolute atomic E-state index is 0.343. The van der Waals surface area contributed by atoms with E-state index in [1.807, 2.05) is 0 Å². The zero-order chi connectivity index (χ0) is 13.1. The minimum Gasteiger partial charge on any atom is -0.465 e. The molecule has 0 bridgehead atoms. The molecule has 18 heavy (non-hydrogen) atoms. The molecule has 1 heterocycles. The summed E-state index contributed by atoms with van der Waals surface area (Å²) in [4.78, 5) is 11.7. The molecule has 0 N–H and O–H groups in total.